The number of aryl methyl sites for hydroxylation is 1. The van der Waals surface area contributed by atoms with Crippen molar-refractivity contribution >= 4 is 23.4 Å². The Hall–Kier alpha value is -3.15. The summed E-state index contributed by atoms with van der Waals surface area (Å²) in [6.07, 6.45) is 3.25. The molecule has 0 atom stereocenters. The molecular formula is C20H23N3O3. The van der Waals surface area contributed by atoms with Gasteiger partial charge in [0.15, 0.2) is 0 Å². The molecule has 3 amide bonds. The van der Waals surface area contributed by atoms with Crippen LogP contribution in [0.25, 0.3) is 0 Å². The van der Waals surface area contributed by atoms with Crippen molar-refractivity contribution in [2.45, 2.75) is 26.2 Å². The summed E-state index contributed by atoms with van der Waals surface area (Å²) < 4.78 is 0. The zero-order valence-electron chi connectivity index (χ0n) is 14.7. The van der Waals surface area contributed by atoms with Gasteiger partial charge in [-0.2, -0.15) is 0 Å². The first kappa shape index (κ1) is 19.2. The second-order valence-electron chi connectivity index (χ2n) is 5.98. The number of amides is 3. The smallest absolute Gasteiger partial charge is 0.255 e. The lowest BCUT2D eigenvalue weighted by Crippen LogP contribution is -2.33. The Morgan fingerprint density at radius 1 is 0.962 bits per heavy atom. The molecule has 136 valence electrons. The van der Waals surface area contributed by atoms with E-state index < -0.39 is 11.8 Å². The summed E-state index contributed by atoms with van der Waals surface area (Å²) in [4.78, 5) is 35.0. The highest BCUT2D eigenvalue weighted by atomic mass is 16.2. The Morgan fingerprint density at radius 3 is 2.35 bits per heavy atom. The monoisotopic (exact) mass is 353 g/mol. The lowest BCUT2D eigenvalue weighted by molar-refractivity contribution is -0.117. The van der Waals surface area contributed by atoms with Gasteiger partial charge in [-0.25, -0.2) is 0 Å². The molecule has 6 nitrogen and oxygen atoms in total. The summed E-state index contributed by atoms with van der Waals surface area (Å²) in [5.74, 6) is -1.30. The lowest BCUT2D eigenvalue weighted by Gasteiger charge is -2.08. The third kappa shape index (κ3) is 5.73. The van der Waals surface area contributed by atoms with Gasteiger partial charge in [0, 0.05) is 16.8 Å². The fraction of sp³-hybridized carbons (Fsp3) is 0.250. The van der Waals surface area contributed by atoms with Gasteiger partial charge in [0.05, 0.1) is 6.54 Å². The van der Waals surface area contributed by atoms with E-state index >= 15 is 0 Å². The van der Waals surface area contributed by atoms with Crippen molar-refractivity contribution in [1.82, 2.24) is 5.32 Å². The van der Waals surface area contributed by atoms with Crippen LogP contribution in [0.5, 0.6) is 0 Å². The number of anilines is 1. The number of nitrogens with one attached hydrogen (secondary N) is 2. The molecular weight excluding hydrogens is 330 g/mol. The Kier molecular flexibility index (Phi) is 6.91. The maximum absolute atomic E-state index is 12.4. The third-order valence-electron chi connectivity index (χ3n) is 3.84. The molecule has 0 fully saturated rings. The molecule has 0 aromatic heterocycles. The first-order valence-corrected chi connectivity index (χ1v) is 8.56. The van der Waals surface area contributed by atoms with Crippen LogP contribution < -0.4 is 16.4 Å². The number of benzene rings is 2. The van der Waals surface area contributed by atoms with Crippen molar-refractivity contribution in [3.05, 3.63) is 65.2 Å². The highest BCUT2D eigenvalue weighted by Gasteiger charge is 2.10. The molecule has 0 aliphatic rings. The van der Waals surface area contributed by atoms with E-state index in [9.17, 15) is 14.4 Å². The predicted octanol–water partition coefficient (Wildman–Crippen LogP) is 2.50. The summed E-state index contributed by atoms with van der Waals surface area (Å²) >= 11 is 0. The largest absolute Gasteiger partial charge is 0.368 e. The maximum atomic E-state index is 12.4. The Labute approximate surface area is 152 Å². The fourth-order valence-corrected chi connectivity index (χ4v) is 2.41. The van der Waals surface area contributed by atoms with E-state index in [2.05, 4.69) is 17.6 Å². The van der Waals surface area contributed by atoms with Gasteiger partial charge >= 0.3 is 0 Å². The van der Waals surface area contributed by atoms with Gasteiger partial charge in [-0.15, -0.1) is 0 Å². The quantitative estimate of drug-likeness (QED) is 0.679. The van der Waals surface area contributed by atoms with Gasteiger partial charge in [-0.05, 0) is 48.7 Å². The molecule has 4 N–H and O–H groups in total. The van der Waals surface area contributed by atoms with Crippen LogP contribution >= 0.6 is 0 Å². The normalized spacial score (nSPS) is 10.2. The van der Waals surface area contributed by atoms with Crippen molar-refractivity contribution in [3.8, 4) is 0 Å². The summed E-state index contributed by atoms with van der Waals surface area (Å²) in [5, 5.41) is 5.18. The molecule has 0 bridgehead atoms. The van der Waals surface area contributed by atoms with Crippen LogP contribution in [0.15, 0.2) is 48.5 Å². The molecule has 0 aliphatic heterocycles. The molecule has 0 saturated heterocycles. The zero-order valence-corrected chi connectivity index (χ0v) is 14.7. The average Bonchev–Trinajstić information content (AvgIpc) is 2.65. The number of carbonyl (C=O) groups excluding carboxylic acids is 3. The summed E-state index contributed by atoms with van der Waals surface area (Å²) in [6.45, 7) is 1.91. The topological polar surface area (TPSA) is 101 Å². The highest BCUT2D eigenvalue weighted by Crippen LogP contribution is 2.14. The van der Waals surface area contributed by atoms with E-state index in [0.717, 1.165) is 19.3 Å². The first-order chi connectivity index (χ1) is 12.5. The van der Waals surface area contributed by atoms with Crippen LogP contribution in [-0.4, -0.2) is 24.3 Å². The molecule has 26 heavy (non-hydrogen) atoms. The van der Waals surface area contributed by atoms with Crippen LogP contribution in [0.4, 0.5) is 5.69 Å². The summed E-state index contributed by atoms with van der Waals surface area (Å²) in [7, 11) is 0. The number of carbonyl (C=O) groups is 3. The van der Waals surface area contributed by atoms with Gasteiger partial charge in [-0.1, -0.05) is 31.5 Å². The van der Waals surface area contributed by atoms with Gasteiger partial charge < -0.3 is 16.4 Å². The van der Waals surface area contributed by atoms with Crippen LogP contribution in [0, 0.1) is 0 Å². The Bertz CT molecular complexity index is 785. The van der Waals surface area contributed by atoms with E-state index in [1.807, 2.05) is 12.1 Å². The van der Waals surface area contributed by atoms with Crippen LogP contribution in [0.2, 0.25) is 0 Å². The molecule has 0 radical (unpaired) electrons. The highest BCUT2D eigenvalue weighted by molar-refractivity contribution is 6.05. The van der Waals surface area contributed by atoms with Crippen molar-refractivity contribution in [2.75, 3.05) is 11.9 Å². The van der Waals surface area contributed by atoms with Gasteiger partial charge in [0.25, 0.3) is 11.8 Å². The molecule has 0 aliphatic carbocycles. The minimum Gasteiger partial charge on any atom is -0.368 e. The van der Waals surface area contributed by atoms with Crippen molar-refractivity contribution in [3.63, 3.8) is 0 Å². The Morgan fingerprint density at radius 2 is 1.69 bits per heavy atom. The first-order valence-electron chi connectivity index (χ1n) is 8.56. The van der Waals surface area contributed by atoms with Crippen molar-refractivity contribution in [2.24, 2.45) is 5.73 Å². The zero-order chi connectivity index (χ0) is 18.9. The number of hydrogen-bond acceptors (Lipinski definition) is 3. The standard InChI is InChI=1S/C20H23N3O3/c1-2-3-5-14-8-10-15(11-9-14)20(26)23-17-7-4-6-16(12-17)19(25)22-13-18(21)24/h4,6-12H,2-3,5,13H2,1H3,(H2,21,24)(H,22,25)(H,23,26). The van der Waals surface area contributed by atoms with E-state index in [1.54, 1.807) is 36.4 Å². The van der Waals surface area contributed by atoms with Gasteiger partial charge in [0.2, 0.25) is 5.91 Å². The maximum Gasteiger partial charge on any atom is 0.255 e. The molecule has 0 unspecified atom stereocenters. The van der Waals surface area contributed by atoms with Crippen molar-refractivity contribution < 1.29 is 14.4 Å². The van der Waals surface area contributed by atoms with Crippen molar-refractivity contribution in [1.29, 1.82) is 0 Å². The fourth-order valence-electron chi connectivity index (χ4n) is 2.41. The summed E-state index contributed by atoms with van der Waals surface area (Å²) in [5.41, 5.74) is 7.59. The average molecular weight is 353 g/mol. The SMILES string of the molecule is CCCCc1ccc(C(=O)Nc2cccc(C(=O)NCC(N)=O)c2)cc1. The molecule has 6 heteroatoms. The second-order valence-corrected chi connectivity index (χ2v) is 5.98. The molecule has 2 aromatic rings. The number of hydrogen-bond donors (Lipinski definition) is 3. The number of primary amides is 1. The molecule has 2 aromatic carbocycles. The molecule has 2 rings (SSSR count). The minimum absolute atomic E-state index is 0.236. The summed E-state index contributed by atoms with van der Waals surface area (Å²) in [6, 6.07) is 14.0. The number of unbranched alkanes of at least 4 members (excludes halogenated alkanes) is 1. The van der Waals surface area contributed by atoms with Gasteiger partial charge in [-0.3, -0.25) is 14.4 Å². The second kappa shape index (κ2) is 9.36. The minimum atomic E-state index is -0.620. The van der Waals surface area contributed by atoms with Gasteiger partial charge in [0.1, 0.15) is 0 Å². The van der Waals surface area contributed by atoms with Crippen LogP contribution in [0.3, 0.4) is 0 Å². The van der Waals surface area contributed by atoms with E-state index in [1.165, 1.54) is 5.56 Å². The lowest BCUT2D eigenvalue weighted by atomic mass is 10.1. The van der Waals surface area contributed by atoms with E-state index in [-0.39, 0.29) is 12.5 Å². The number of nitrogens with two attached hydrogens (primary N) is 1. The van der Waals surface area contributed by atoms with E-state index in [0.29, 0.717) is 16.8 Å². The molecule has 0 heterocycles. The Balaban J connectivity index is 2.01. The predicted molar refractivity (Wildman–Crippen MR) is 101 cm³/mol. The third-order valence-corrected chi connectivity index (χ3v) is 3.84. The van der Waals surface area contributed by atoms with Crippen LogP contribution in [0.1, 0.15) is 46.0 Å². The van der Waals surface area contributed by atoms with Crippen LogP contribution in [-0.2, 0) is 11.2 Å². The molecule has 0 spiro atoms. The van der Waals surface area contributed by atoms with E-state index in [4.69, 9.17) is 5.73 Å². The molecule has 0 saturated carbocycles. The number of rotatable bonds is 8.